The molecule has 116 valence electrons. The molecular weight excluding hydrogens is 262 g/mol. The van der Waals surface area contributed by atoms with Gasteiger partial charge in [-0.25, -0.2) is 4.79 Å². The maximum atomic E-state index is 12.6. The lowest BCUT2D eigenvalue weighted by molar-refractivity contribution is 0.208. The van der Waals surface area contributed by atoms with Crippen LogP contribution in [0.1, 0.15) is 32.8 Å². The van der Waals surface area contributed by atoms with Gasteiger partial charge in [0.15, 0.2) is 0 Å². The summed E-state index contributed by atoms with van der Waals surface area (Å²) >= 11 is 0. The summed E-state index contributed by atoms with van der Waals surface area (Å²) in [6.45, 7) is 8.91. The third-order valence-corrected chi connectivity index (χ3v) is 4.42. The highest BCUT2D eigenvalue weighted by atomic mass is 16.2. The number of hydrogen-bond donors (Lipinski definition) is 1. The number of amides is 2. The molecule has 2 atom stereocenters. The second kappa shape index (κ2) is 6.94. The van der Waals surface area contributed by atoms with Gasteiger partial charge in [-0.15, -0.1) is 0 Å². The normalized spacial score (nSPS) is 17.6. The quantitative estimate of drug-likeness (QED) is 0.873. The molecule has 4 heteroatoms. The molecule has 1 heterocycles. The number of anilines is 1. The Hall–Kier alpha value is -1.55. The van der Waals surface area contributed by atoms with Gasteiger partial charge >= 0.3 is 6.03 Å². The molecular formula is C17H27N3O. The number of rotatable bonds is 6. The van der Waals surface area contributed by atoms with E-state index in [4.69, 9.17) is 0 Å². The molecule has 0 aromatic heterocycles. The SMILES string of the molecule is CCNC(CN1C(=O)N(C)Cc2ccccc21)C(C)CC. The van der Waals surface area contributed by atoms with E-state index in [-0.39, 0.29) is 6.03 Å². The van der Waals surface area contributed by atoms with Gasteiger partial charge in [-0.3, -0.25) is 4.90 Å². The third-order valence-electron chi connectivity index (χ3n) is 4.42. The van der Waals surface area contributed by atoms with Crippen LogP contribution in [0.4, 0.5) is 10.5 Å². The fourth-order valence-corrected chi connectivity index (χ4v) is 2.91. The minimum Gasteiger partial charge on any atom is -0.323 e. The molecule has 0 radical (unpaired) electrons. The van der Waals surface area contributed by atoms with E-state index in [0.29, 0.717) is 18.5 Å². The summed E-state index contributed by atoms with van der Waals surface area (Å²) in [5, 5.41) is 3.53. The monoisotopic (exact) mass is 289 g/mol. The van der Waals surface area contributed by atoms with Gasteiger partial charge in [0.2, 0.25) is 0 Å². The van der Waals surface area contributed by atoms with Crippen molar-refractivity contribution in [2.45, 2.75) is 39.8 Å². The lowest BCUT2D eigenvalue weighted by Crippen LogP contribution is -2.52. The summed E-state index contributed by atoms with van der Waals surface area (Å²) < 4.78 is 0. The Morgan fingerprint density at radius 3 is 2.67 bits per heavy atom. The first-order valence-electron chi connectivity index (χ1n) is 7.92. The van der Waals surface area contributed by atoms with Gasteiger partial charge < -0.3 is 10.2 Å². The fraction of sp³-hybridized carbons (Fsp3) is 0.588. The lowest BCUT2D eigenvalue weighted by Gasteiger charge is -2.38. The summed E-state index contributed by atoms with van der Waals surface area (Å²) in [6, 6.07) is 8.63. The Bertz CT molecular complexity index is 489. The molecule has 4 nitrogen and oxygen atoms in total. The Morgan fingerprint density at radius 1 is 1.29 bits per heavy atom. The molecule has 0 fully saturated rings. The number of urea groups is 1. The van der Waals surface area contributed by atoms with Gasteiger partial charge in [0.05, 0.1) is 5.69 Å². The predicted molar refractivity (Wildman–Crippen MR) is 87.6 cm³/mol. The molecule has 2 unspecified atom stereocenters. The first-order valence-corrected chi connectivity index (χ1v) is 7.92. The van der Waals surface area contributed by atoms with Crippen LogP contribution < -0.4 is 10.2 Å². The Kier molecular flexibility index (Phi) is 5.23. The van der Waals surface area contributed by atoms with E-state index in [2.05, 4.69) is 38.2 Å². The summed E-state index contributed by atoms with van der Waals surface area (Å²) in [5.41, 5.74) is 2.28. The van der Waals surface area contributed by atoms with Crippen LogP contribution in [-0.2, 0) is 6.54 Å². The summed E-state index contributed by atoms with van der Waals surface area (Å²) in [5.74, 6) is 0.539. The maximum Gasteiger partial charge on any atom is 0.324 e. The first-order chi connectivity index (χ1) is 10.1. The van der Waals surface area contributed by atoms with E-state index >= 15 is 0 Å². The van der Waals surface area contributed by atoms with Crippen LogP contribution in [0.15, 0.2) is 24.3 Å². The van der Waals surface area contributed by atoms with E-state index in [0.717, 1.165) is 25.2 Å². The third kappa shape index (κ3) is 3.38. The molecule has 1 aliphatic heterocycles. The number of nitrogens with one attached hydrogen (secondary N) is 1. The fourth-order valence-electron chi connectivity index (χ4n) is 2.91. The first kappa shape index (κ1) is 15.8. The Morgan fingerprint density at radius 2 is 2.00 bits per heavy atom. The number of carbonyl (C=O) groups excluding carboxylic acids is 1. The second-order valence-electron chi connectivity index (χ2n) is 5.93. The van der Waals surface area contributed by atoms with Crippen molar-refractivity contribution in [2.75, 3.05) is 25.0 Å². The van der Waals surface area contributed by atoms with Crippen molar-refractivity contribution in [3.05, 3.63) is 29.8 Å². The van der Waals surface area contributed by atoms with Crippen LogP contribution in [0.25, 0.3) is 0 Å². The van der Waals surface area contributed by atoms with E-state index in [1.165, 1.54) is 5.56 Å². The summed E-state index contributed by atoms with van der Waals surface area (Å²) in [4.78, 5) is 16.3. The van der Waals surface area contributed by atoms with Gasteiger partial charge in [0.25, 0.3) is 0 Å². The summed E-state index contributed by atoms with van der Waals surface area (Å²) in [7, 11) is 1.87. The minimum atomic E-state index is 0.0971. The minimum absolute atomic E-state index is 0.0971. The zero-order valence-electron chi connectivity index (χ0n) is 13.6. The number of nitrogens with zero attached hydrogens (tertiary/aromatic N) is 2. The molecule has 21 heavy (non-hydrogen) atoms. The molecule has 2 amide bonds. The molecule has 1 aromatic carbocycles. The number of para-hydroxylation sites is 1. The molecule has 0 saturated carbocycles. The zero-order chi connectivity index (χ0) is 15.4. The van der Waals surface area contributed by atoms with Gasteiger partial charge in [-0.2, -0.15) is 0 Å². The molecule has 1 N–H and O–H groups in total. The Labute approximate surface area is 128 Å². The largest absolute Gasteiger partial charge is 0.324 e. The number of fused-ring (bicyclic) bond motifs is 1. The van der Waals surface area contributed by atoms with Gasteiger partial charge in [-0.05, 0) is 24.1 Å². The smallest absolute Gasteiger partial charge is 0.323 e. The number of carbonyl (C=O) groups is 1. The van der Waals surface area contributed by atoms with Crippen LogP contribution in [0.2, 0.25) is 0 Å². The van der Waals surface area contributed by atoms with E-state index < -0.39 is 0 Å². The number of hydrogen-bond acceptors (Lipinski definition) is 2. The average Bonchev–Trinajstić information content (AvgIpc) is 2.50. The van der Waals surface area contributed by atoms with Gasteiger partial charge in [-0.1, -0.05) is 45.4 Å². The van der Waals surface area contributed by atoms with Crippen molar-refractivity contribution in [1.29, 1.82) is 0 Å². The van der Waals surface area contributed by atoms with E-state index in [9.17, 15) is 4.79 Å². The molecule has 1 aromatic rings. The highest BCUT2D eigenvalue weighted by molar-refractivity contribution is 5.94. The highest BCUT2D eigenvalue weighted by Gasteiger charge is 2.30. The standard InChI is InChI=1S/C17H27N3O/c1-5-13(3)15(18-6-2)12-20-16-10-8-7-9-14(16)11-19(4)17(20)21/h7-10,13,15,18H,5-6,11-12H2,1-4H3. The van der Waals surface area contributed by atoms with Crippen molar-refractivity contribution in [3.63, 3.8) is 0 Å². The Balaban J connectivity index is 2.26. The number of likely N-dealkylation sites (N-methyl/N-ethyl adjacent to an activating group) is 1. The van der Waals surface area contributed by atoms with Crippen LogP contribution in [0.3, 0.4) is 0 Å². The molecule has 1 aliphatic rings. The van der Waals surface area contributed by atoms with Crippen molar-refractivity contribution < 1.29 is 4.79 Å². The molecule has 0 spiro atoms. The van der Waals surface area contributed by atoms with Crippen LogP contribution in [0.5, 0.6) is 0 Å². The van der Waals surface area contributed by atoms with E-state index in [1.54, 1.807) is 4.90 Å². The second-order valence-corrected chi connectivity index (χ2v) is 5.93. The molecule has 0 saturated heterocycles. The van der Waals surface area contributed by atoms with Crippen LogP contribution in [0, 0.1) is 5.92 Å². The summed E-state index contributed by atoms with van der Waals surface area (Å²) in [6.07, 6.45) is 1.11. The maximum absolute atomic E-state index is 12.6. The van der Waals surface area contributed by atoms with Gasteiger partial charge in [0, 0.05) is 26.2 Å². The van der Waals surface area contributed by atoms with Crippen LogP contribution >= 0.6 is 0 Å². The predicted octanol–water partition coefficient (Wildman–Crippen LogP) is 3.08. The molecule has 0 aliphatic carbocycles. The zero-order valence-corrected chi connectivity index (χ0v) is 13.6. The van der Waals surface area contributed by atoms with E-state index in [1.807, 2.05) is 24.1 Å². The van der Waals surface area contributed by atoms with Crippen molar-refractivity contribution in [3.8, 4) is 0 Å². The van der Waals surface area contributed by atoms with Crippen molar-refractivity contribution >= 4 is 11.7 Å². The topological polar surface area (TPSA) is 35.6 Å². The van der Waals surface area contributed by atoms with Gasteiger partial charge in [0.1, 0.15) is 0 Å². The lowest BCUT2D eigenvalue weighted by atomic mass is 9.97. The van der Waals surface area contributed by atoms with Crippen molar-refractivity contribution in [1.82, 2.24) is 10.2 Å². The molecule has 0 bridgehead atoms. The number of benzene rings is 1. The average molecular weight is 289 g/mol. The van der Waals surface area contributed by atoms with Crippen molar-refractivity contribution in [2.24, 2.45) is 5.92 Å². The van der Waals surface area contributed by atoms with Crippen LogP contribution in [-0.4, -0.2) is 37.1 Å². The molecule has 2 rings (SSSR count). The highest BCUT2D eigenvalue weighted by Crippen LogP contribution is 2.28.